The average molecular weight is 265 g/mol. The van der Waals surface area contributed by atoms with Crippen molar-refractivity contribution >= 4 is 5.78 Å². The summed E-state index contributed by atoms with van der Waals surface area (Å²) in [5.41, 5.74) is 1.19. The molecule has 0 aliphatic carbocycles. The van der Waals surface area contributed by atoms with Crippen LogP contribution in [0.3, 0.4) is 0 Å². The van der Waals surface area contributed by atoms with Gasteiger partial charge in [0.2, 0.25) is 0 Å². The van der Waals surface area contributed by atoms with E-state index in [1.807, 2.05) is 37.3 Å². The maximum absolute atomic E-state index is 12.0. The Morgan fingerprint density at radius 1 is 1.21 bits per heavy atom. The van der Waals surface area contributed by atoms with Crippen LogP contribution in [0, 0.1) is 5.92 Å². The Bertz CT molecular complexity index is 363. The van der Waals surface area contributed by atoms with E-state index in [0.29, 0.717) is 13.1 Å². The van der Waals surface area contributed by atoms with Gasteiger partial charge in [-0.1, -0.05) is 37.3 Å². The predicted molar refractivity (Wildman–Crippen MR) is 75.0 cm³/mol. The molecule has 1 N–H and O–H groups in total. The minimum Gasteiger partial charge on any atom is -0.355 e. The maximum atomic E-state index is 12.0. The standard InChI is InChI=1S/C15H23NO3/c1-12(9-13-7-5-4-6-8-13)14(17)10-16-11-15(18-2)19-3/h4-8,12,15-16H,9-11H2,1-3H3. The van der Waals surface area contributed by atoms with Crippen LogP contribution in [0.5, 0.6) is 0 Å². The van der Waals surface area contributed by atoms with E-state index in [1.54, 1.807) is 14.2 Å². The first-order chi connectivity index (χ1) is 9.17. The molecule has 0 radical (unpaired) electrons. The summed E-state index contributed by atoms with van der Waals surface area (Å²) in [5.74, 6) is 0.216. The van der Waals surface area contributed by atoms with Crippen LogP contribution in [-0.2, 0) is 20.7 Å². The van der Waals surface area contributed by atoms with Crippen LogP contribution in [0.1, 0.15) is 12.5 Å². The Hall–Kier alpha value is -1.23. The first kappa shape index (κ1) is 15.8. The van der Waals surface area contributed by atoms with Crippen LogP contribution in [0.4, 0.5) is 0 Å². The predicted octanol–water partition coefficient (Wildman–Crippen LogP) is 1.64. The molecule has 1 aromatic carbocycles. The number of hydrogen-bond acceptors (Lipinski definition) is 4. The smallest absolute Gasteiger partial charge is 0.169 e. The molecular weight excluding hydrogens is 242 g/mol. The molecule has 1 rings (SSSR count). The van der Waals surface area contributed by atoms with Crippen molar-refractivity contribution in [1.29, 1.82) is 0 Å². The third-order valence-electron chi connectivity index (χ3n) is 3.07. The van der Waals surface area contributed by atoms with Gasteiger partial charge in [-0.25, -0.2) is 0 Å². The zero-order valence-electron chi connectivity index (χ0n) is 11.9. The number of carbonyl (C=O) groups is 1. The van der Waals surface area contributed by atoms with Crippen LogP contribution in [0.15, 0.2) is 30.3 Å². The average Bonchev–Trinajstić information content (AvgIpc) is 2.44. The number of benzene rings is 1. The minimum absolute atomic E-state index is 0.0124. The molecule has 0 fully saturated rings. The Morgan fingerprint density at radius 2 is 1.84 bits per heavy atom. The Balaban J connectivity index is 2.29. The van der Waals surface area contributed by atoms with Gasteiger partial charge in [0, 0.05) is 26.7 Å². The number of nitrogens with one attached hydrogen (secondary N) is 1. The zero-order chi connectivity index (χ0) is 14.1. The second-order valence-electron chi connectivity index (χ2n) is 4.59. The summed E-state index contributed by atoms with van der Waals surface area (Å²) in [5, 5.41) is 3.05. The van der Waals surface area contributed by atoms with Crippen LogP contribution in [0.25, 0.3) is 0 Å². The lowest BCUT2D eigenvalue weighted by Gasteiger charge is -2.15. The van der Waals surface area contributed by atoms with Crippen molar-refractivity contribution in [3.8, 4) is 0 Å². The van der Waals surface area contributed by atoms with Gasteiger partial charge in [0.05, 0.1) is 6.54 Å². The van der Waals surface area contributed by atoms with Gasteiger partial charge in [0.15, 0.2) is 6.29 Å². The highest BCUT2D eigenvalue weighted by Gasteiger charge is 2.14. The second-order valence-corrected chi connectivity index (χ2v) is 4.59. The highest BCUT2D eigenvalue weighted by molar-refractivity contribution is 5.82. The molecule has 106 valence electrons. The number of hydrogen-bond donors (Lipinski definition) is 1. The van der Waals surface area contributed by atoms with Gasteiger partial charge in [0.1, 0.15) is 5.78 Å². The molecule has 4 nitrogen and oxygen atoms in total. The largest absolute Gasteiger partial charge is 0.355 e. The van der Waals surface area contributed by atoms with E-state index in [0.717, 1.165) is 6.42 Å². The summed E-state index contributed by atoms with van der Waals surface area (Å²) in [6, 6.07) is 10.1. The van der Waals surface area contributed by atoms with E-state index < -0.39 is 0 Å². The van der Waals surface area contributed by atoms with Gasteiger partial charge in [-0.2, -0.15) is 0 Å². The Labute approximate surface area is 115 Å². The van der Waals surface area contributed by atoms with Crippen molar-refractivity contribution in [3.05, 3.63) is 35.9 Å². The molecule has 0 aliphatic rings. The van der Waals surface area contributed by atoms with Gasteiger partial charge in [-0.15, -0.1) is 0 Å². The first-order valence-electron chi connectivity index (χ1n) is 6.50. The molecule has 0 spiro atoms. The topological polar surface area (TPSA) is 47.6 Å². The van der Waals surface area contributed by atoms with Gasteiger partial charge in [-0.05, 0) is 12.0 Å². The number of ether oxygens (including phenoxy) is 2. The molecule has 0 aromatic heterocycles. The Morgan fingerprint density at radius 3 is 2.42 bits per heavy atom. The van der Waals surface area contributed by atoms with E-state index >= 15 is 0 Å². The lowest BCUT2D eigenvalue weighted by molar-refractivity contribution is -0.122. The lowest BCUT2D eigenvalue weighted by Crippen LogP contribution is -2.35. The highest BCUT2D eigenvalue weighted by Crippen LogP contribution is 2.08. The van der Waals surface area contributed by atoms with Gasteiger partial charge >= 0.3 is 0 Å². The molecule has 0 saturated heterocycles. The van der Waals surface area contributed by atoms with Gasteiger partial charge in [0.25, 0.3) is 0 Å². The number of carbonyl (C=O) groups excluding carboxylic acids is 1. The van der Waals surface area contributed by atoms with Gasteiger partial charge in [-0.3, -0.25) is 4.79 Å². The van der Waals surface area contributed by atoms with E-state index in [1.165, 1.54) is 5.56 Å². The van der Waals surface area contributed by atoms with E-state index in [4.69, 9.17) is 9.47 Å². The molecule has 0 amide bonds. The van der Waals surface area contributed by atoms with Crippen molar-refractivity contribution in [3.63, 3.8) is 0 Å². The summed E-state index contributed by atoms with van der Waals surface area (Å²) in [6.45, 7) is 2.81. The quantitative estimate of drug-likeness (QED) is 0.690. The maximum Gasteiger partial charge on any atom is 0.169 e. The summed E-state index contributed by atoms with van der Waals surface area (Å²) in [4.78, 5) is 12.0. The number of ketones is 1. The van der Waals surface area contributed by atoms with Gasteiger partial charge < -0.3 is 14.8 Å². The third kappa shape index (κ3) is 5.96. The molecular formula is C15H23NO3. The number of rotatable bonds is 9. The van der Waals surface area contributed by atoms with Crippen molar-refractivity contribution in [2.24, 2.45) is 5.92 Å². The van der Waals surface area contributed by atoms with Crippen LogP contribution < -0.4 is 5.32 Å². The fourth-order valence-corrected chi connectivity index (χ4v) is 1.83. The fourth-order valence-electron chi connectivity index (χ4n) is 1.83. The molecule has 0 saturated carbocycles. The van der Waals surface area contributed by atoms with Crippen molar-refractivity contribution in [2.75, 3.05) is 27.3 Å². The molecule has 19 heavy (non-hydrogen) atoms. The normalized spacial score (nSPS) is 12.6. The molecule has 1 aromatic rings. The monoisotopic (exact) mass is 265 g/mol. The fraction of sp³-hybridized carbons (Fsp3) is 0.533. The zero-order valence-corrected chi connectivity index (χ0v) is 11.9. The summed E-state index contributed by atoms with van der Waals surface area (Å²) < 4.78 is 10.1. The summed E-state index contributed by atoms with van der Waals surface area (Å²) in [6.07, 6.45) is 0.469. The Kier molecular flexibility index (Phi) is 7.33. The van der Waals surface area contributed by atoms with Crippen LogP contribution in [-0.4, -0.2) is 39.4 Å². The van der Waals surface area contributed by atoms with E-state index in [9.17, 15) is 4.79 Å². The third-order valence-corrected chi connectivity index (χ3v) is 3.07. The van der Waals surface area contributed by atoms with Crippen molar-refractivity contribution in [2.45, 2.75) is 19.6 Å². The molecule has 0 heterocycles. The second kappa shape index (κ2) is 8.80. The molecule has 1 atom stereocenters. The van der Waals surface area contributed by atoms with Crippen LogP contribution in [0.2, 0.25) is 0 Å². The summed E-state index contributed by atoms with van der Waals surface area (Å²) >= 11 is 0. The minimum atomic E-state index is -0.308. The highest BCUT2D eigenvalue weighted by atomic mass is 16.7. The molecule has 0 aliphatic heterocycles. The van der Waals surface area contributed by atoms with Crippen molar-refractivity contribution < 1.29 is 14.3 Å². The SMILES string of the molecule is COC(CNCC(=O)C(C)Cc1ccccc1)OC. The number of methoxy groups -OCH3 is 2. The lowest BCUT2D eigenvalue weighted by atomic mass is 9.97. The van der Waals surface area contributed by atoms with E-state index in [2.05, 4.69) is 5.32 Å². The molecule has 4 heteroatoms. The number of Topliss-reactive ketones (excluding diaryl/α,β-unsaturated/α-hetero) is 1. The van der Waals surface area contributed by atoms with Crippen molar-refractivity contribution in [1.82, 2.24) is 5.32 Å². The van der Waals surface area contributed by atoms with Crippen LogP contribution >= 0.6 is 0 Å². The summed E-state index contributed by atoms with van der Waals surface area (Å²) in [7, 11) is 3.16. The molecule has 1 unspecified atom stereocenters. The molecule has 0 bridgehead atoms. The van der Waals surface area contributed by atoms with E-state index in [-0.39, 0.29) is 18.0 Å². The first-order valence-corrected chi connectivity index (χ1v) is 6.50.